The van der Waals surface area contributed by atoms with Crippen molar-refractivity contribution in [2.75, 3.05) is 23.2 Å². The molecule has 0 amide bonds. The van der Waals surface area contributed by atoms with E-state index in [0.717, 1.165) is 22.7 Å². The predicted octanol–water partition coefficient (Wildman–Crippen LogP) is 3.58. The van der Waals surface area contributed by atoms with E-state index < -0.39 is 0 Å². The van der Waals surface area contributed by atoms with Crippen LogP contribution in [-0.2, 0) is 0 Å². The number of aryl methyl sites for hydroxylation is 1. The van der Waals surface area contributed by atoms with E-state index in [-0.39, 0.29) is 6.79 Å². The number of nitrogens with one attached hydrogen (secondary N) is 2. The van der Waals surface area contributed by atoms with Gasteiger partial charge in [0.25, 0.3) is 0 Å². The largest absolute Gasteiger partial charge is 0.454 e. The number of nitrogen functional groups attached to an aromatic ring is 1. The van der Waals surface area contributed by atoms with Crippen molar-refractivity contribution >= 4 is 28.7 Å². The monoisotopic (exact) mass is 335 g/mol. The van der Waals surface area contributed by atoms with Crippen molar-refractivity contribution in [3.05, 3.63) is 54.4 Å². The molecule has 1 aliphatic heterocycles. The first kappa shape index (κ1) is 15.1. The highest BCUT2D eigenvalue weighted by atomic mass is 16.7. The van der Waals surface area contributed by atoms with Crippen LogP contribution in [-0.4, -0.2) is 16.8 Å². The van der Waals surface area contributed by atoms with E-state index in [9.17, 15) is 0 Å². The summed E-state index contributed by atoms with van der Waals surface area (Å²) in [6.07, 6.45) is 1.46. The quantitative estimate of drug-likeness (QED) is 0.671. The Kier molecular flexibility index (Phi) is 3.74. The lowest BCUT2D eigenvalue weighted by Gasteiger charge is -2.13. The third-order valence-electron chi connectivity index (χ3n) is 3.80. The van der Waals surface area contributed by atoms with Crippen LogP contribution in [0, 0.1) is 6.92 Å². The molecule has 0 saturated heterocycles. The number of hydrogen-bond donors (Lipinski definition) is 3. The highest BCUT2D eigenvalue weighted by Gasteiger charge is 2.14. The van der Waals surface area contributed by atoms with Crippen LogP contribution < -0.4 is 25.8 Å². The van der Waals surface area contributed by atoms with E-state index in [4.69, 9.17) is 15.2 Å². The highest BCUT2D eigenvalue weighted by Crippen LogP contribution is 2.36. The smallest absolute Gasteiger partial charge is 0.231 e. The molecule has 0 fully saturated rings. The fourth-order valence-corrected chi connectivity index (χ4v) is 2.57. The third kappa shape index (κ3) is 3.12. The second kappa shape index (κ2) is 6.20. The van der Waals surface area contributed by atoms with Gasteiger partial charge in [0, 0.05) is 17.4 Å². The minimum Gasteiger partial charge on any atom is -0.454 e. The number of hydrogen-bond acceptors (Lipinski definition) is 7. The average molecular weight is 335 g/mol. The fourth-order valence-electron chi connectivity index (χ4n) is 2.57. The predicted molar refractivity (Wildman–Crippen MR) is 96.8 cm³/mol. The molecule has 0 radical (unpaired) electrons. The molecule has 2 heterocycles. The van der Waals surface area contributed by atoms with Crippen LogP contribution in [0.3, 0.4) is 0 Å². The number of rotatable bonds is 4. The van der Waals surface area contributed by atoms with Gasteiger partial charge in [0.1, 0.15) is 12.0 Å². The maximum atomic E-state index is 6.22. The molecular formula is C18H17N5O2. The highest BCUT2D eigenvalue weighted by molar-refractivity contribution is 5.80. The van der Waals surface area contributed by atoms with Crippen LogP contribution in [0.25, 0.3) is 0 Å². The Bertz CT molecular complexity index is 929. The van der Waals surface area contributed by atoms with Gasteiger partial charge in [0.05, 0.1) is 0 Å². The second-order valence-electron chi connectivity index (χ2n) is 5.67. The number of aromatic nitrogens is 2. The Hall–Kier alpha value is -3.48. The molecule has 7 nitrogen and oxygen atoms in total. The first-order valence-corrected chi connectivity index (χ1v) is 7.80. The van der Waals surface area contributed by atoms with Gasteiger partial charge in [-0.3, -0.25) is 0 Å². The summed E-state index contributed by atoms with van der Waals surface area (Å²) in [5.74, 6) is 2.48. The van der Waals surface area contributed by atoms with Gasteiger partial charge in [-0.1, -0.05) is 12.1 Å². The van der Waals surface area contributed by atoms with E-state index in [2.05, 4.69) is 20.6 Å². The van der Waals surface area contributed by atoms with Crippen LogP contribution in [0.2, 0.25) is 0 Å². The van der Waals surface area contributed by atoms with Crippen molar-refractivity contribution in [1.29, 1.82) is 0 Å². The minimum absolute atomic E-state index is 0.235. The molecule has 4 rings (SSSR count). The summed E-state index contributed by atoms with van der Waals surface area (Å²) in [4.78, 5) is 8.46. The van der Waals surface area contributed by atoms with Crippen LogP contribution in [0.4, 0.5) is 28.7 Å². The zero-order chi connectivity index (χ0) is 17.2. The van der Waals surface area contributed by atoms with Gasteiger partial charge in [-0.05, 0) is 36.8 Å². The summed E-state index contributed by atoms with van der Waals surface area (Å²) < 4.78 is 10.7. The van der Waals surface area contributed by atoms with Crippen molar-refractivity contribution in [2.45, 2.75) is 6.92 Å². The molecule has 25 heavy (non-hydrogen) atoms. The van der Waals surface area contributed by atoms with E-state index in [1.54, 1.807) is 0 Å². The van der Waals surface area contributed by atoms with E-state index >= 15 is 0 Å². The second-order valence-corrected chi connectivity index (χ2v) is 5.67. The Balaban J connectivity index is 1.58. The van der Waals surface area contributed by atoms with Crippen LogP contribution >= 0.6 is 0 Å². The van der Waals surface area contributed by atoms with E-state index in [0.29, 0.717) is 23.1 Å². The first-order valence-electron chi connectivity index (χ1n) is 7.80. The van der Waals surface area contributed by atoms with Gasteiger partial charge in [-0.15, -0.1) is 0 Å². The number of anilines is 5. The summed E-state index contributed by atoms with van der Waals surface area (Å²) in [6.45, 7) is 2.26. The van der Waals surface area contributed by atoms with Gasteiger partial charge in [-0.25, -0.2) is 9.97 Å². The molecule has 0 saturated carbocycles. The molecule has 0 atom stereocenters. The zero-order valence-corrected chi connectivity index (χ0v) is 13.6. The van der Waals surface area contributed by atoms with Crippen molar-refractivity contribution in [3.63, 3.8) is 0 Å². The van der Waals surface area contributed by atoms with Gasteiger partial charge in [0.2, 0.25) is 6.79 Å². The van der Waals surface area contributed by atoms with Crippen molar-refractivity contribution < 1.29 is 9.47 Å². The SMILES string of the molecule is Cc1cccc(Nc2ncnc(Nc3ccc4c(c3)OCO4)c2N)c1. The maximum absolute atomic E-state index is 6.22. The number of benzene rings is 2. The lowest BCUT2D eigenvalue weighted by atomic mass is 10.2. The number of nitrogens with zero attached hydrogens (tertiary/aromatic N) is 2. The normalized spacial score (nSPS) is 12.0. The Morgan fingerprint density at radius 3 is 2.40 bits per heavy atom. The van der Waals surface area contributed by atoms with E-state index in [1.165, 1.54) is 6.33 Å². The standard InChI is InChI=1S/C18H17N5O2/c1-11-3-2-4-12(7-11)22-17-16(19)18(21-9-20-17)23-13-5-6-14-15(8-13)25-10-24-14/h2-9H,10,19H2,1H3,(H2,20,21,22,23). The average Bonchev–Trinajstić information content (AvgIpc) is 3.06. The molecular weight excluding hydrogens is 318 g/mol. The summed E-state index contributed by atoms with van der Waals surface area (Å²) >= 11 is 0. The Morgan fingerprint density at radius 2 is 1.64 bits per heavy atom. The number of nitrogens with two attached hydrogens (primary N) is 1. The summed E-state index contributed by atoms with van der Waals surface area (Å²) in [7, 11) is 0. The maximum Gasteiger partial charge on any atom is 0.231 e. The molecule has 2 aromatic carbocycles. The van der Waals surface area contributed by atoms with Gasteiger partial charge in [-0.2, -0.15) is 0 Å². The molecule has 126 valence electrons. The van der Waals surface area contributed by atoms with Gasteiger partial charge in [0.15, 0.2) is 23.1 Å². The van der Waals surface area contributed by atoms with Crippen molar-refractivity contribution in [3.8, 4) is 11.5 Å². The summed E-state index contributed by atoms with van der Waals surface area (Å²) in [5, 5.41) is 6.41. The molecule has 0 spiro atoms. The molecule has 3 aromatic rings. The number of ether oxygens (including phenoxy) is 2. The molecule has 0 unspecified atom stereocenters. The Morgan fingerprint density at radius 1 is 0.920 bits per heavy atom. The van der Waals surface area contributed by atoms with Crippen LogP contribution in [0.1, 0.15) is 5.56 Å². The molecule has 4 N–H and O–H groups in total. The summed E-state index contributed by atoms with van der Waals surface area (Å²) in [6, 6.07) is 13.5. The van der Waals surface area contributed by atoms with Gasteiger partial charge < -0.3 is 25.8 Å². The zero-order valence-electron chi connectivity index (χ0n) is 13.6. The molecule has 7 heteroatoms. The lowest BCUT2D eigenvalue weighted by molar-refractivity contribution is 0.174. The van der Waals surface area contributed by atoms with Crippen LogP contribution in [0.15, 0.2) is 48.8 Å². The van der Waals surface area contributed by atoms with Crippen molar-refractivity contribution in [1.82, 2.24) is 9.97 Å². The van der Waals surface area contributed by atoms with Gasteiger partial charge >= 0.3 is 0 Å². The molecule has 0 bridgehead atoms. The lowest BCUT2D eigenvalue weighted by Crippen LogP contribution is -2.05. The summed E-state index contributed by atoms with van der Waals surface area (Å²) in [5.41, 5.74) is 9.52. The molecule has 1 aliphatic rings. The van der Waals surface area contributed by atoms with E-state index in [1.807, 2.05) is 49.4 Å². The number of fused-ring (bicyclic) bond motifs is 1. The topological polar surface area (TPSA) is 94.3 Å². The van der Waals surface area contributed by atoms with Crippen LogP contribution in [0.5, 0.6) is 11.5 Å². The molecule has 1 aromatic heterocycles. The van der Waals surface area contributed by atoms with Crippen molar-refractivity contribution in [2.24, 2.45) is 0 Å². The fraction of sp³-hybridized carbons (Fsp3) is 0.111. The Labute approximate surface area is 144 Å². The minimum atomic E-state index is 0.235. The first-order chi connectivity index (χ1) is 12.2. The molecule has 0 aliphatic carbocycles. The third-order valence-corrected chi connectivity index (χ3v) is 3.80.